The molecule has 1 heterocycles. The van der Waals surface area contributed by atoms with Gasteiger partial charge in [0.2, 0.25) is 0 Å². The highest BCUT2D eigenvalue weighted by Gasteiger charge is 2.25. The van der Waals surface area contributed by atoms with Gasteiger partial charge in [-0.15, -0.1) is 0 Å². The van der Waals surface area contributed by atoms with Crippen LogP contribution in [0.1, 0.15) is 18.9 Å². The Labute approximate surface area is 122 Å². The van der Waals surface area contributed by atoms with Crippen LogP contribution in [0.3, 0.4) is 0 Å². The molecule has 1 aliphatic heterocycles. The van der Waals surface area contributed by atoms with Gasteiger partial charge in [-0.25, -0.2) is 0 Å². The number of likely N-dealkylation sites (tertiary alicyclic amines) is 1. The molecule has 1 N–H and O–H groups in total. The summed E-state index contributed by atoms with van der Waals surface area (Å²) in [6, 6.07) is 4.60. The molecular formula is C14H18ClF2NO2. The predicted molar refractivity (Wildman–Crippen MR) is 73.1 cm³/mol. The van der Waals surface area contributed by atoms with E-state index in [1.54, 1.807) is 6.07 Å². The molecule has 0 radical (unpaired) electrons. The van der Waals surface area contributed by atoms with Crippen molar-refractivity contribution in [2.45, 2.75) is 32.6 Å². The van der Waals surface area contributed by atoms with E-state index in [0.29, 0.717) is 23.7 Å². The average Bonchev–Trinajstić information content (AvgIpc) is 2.37. The predicted octanol–water partition coefficient (Wildman–Crippen LogP) is 3.14. The van der Waals surface area contributed by atoms with Crippen molar-refractivity contribution in [2.24, 2.45) is 5.92 Å². The van der Waals surface area contributed by atoms with Crippen molar-refractivity contribution < 1.29 is 18.6 Å². The summed E-state index contributed by atoms with van der Waals surface area (Å²) in [7, 11) is 0. The Morgan fingerprint density at radius 1 is 1.50 bits per heavy atom. The van der Waals surface area contributed by atoms with E-state index in [-0.39, 0.29) is 17.8 Å². The fourth-order valence-corrected chi connectivity index (χ4v) is 2.58. The minimum Gasteiger partial charge on any atom is -0.434 e. The third-order valence-corrected chi connectivity index (χ3v) is 3.87. The highest BCUT2D eigenvalue weighted by atomic mass is 35.5. The smallest absolute Gasteiger partial charge is 0.387 e. The number of aliphatic hydroxyl groups excluding tert-OH is 1. The van der Waals surface area contributed by atoms with E-state index in [1.165, 1.54) is 12.1 Å². The minimum atomic E-state index is -2.86. The molecule has 20 heavy (non-hydrogen) atoms. The monoisotopic (exact) mass is 305 g/mol. The normalized spacial score (nSPS) is 24.1. The molecule has 1 saturated heterocycles. The summed E-state index contributed by atoms with van der Waals surface area (Å²) in [5.41, 5.74) is 0.611. The van der Waals surface area contributed by atoms with Crippen molar-refractivity contribution in [1.82, 2.24) is 4.90 Å². The molecule has 3 nitrogen and oxygen atoms in total. The van der Waals surface area contributed by atoms with E-state index < -0.39 is 6.61 Å². The van der Waals surface area contributed by atoms with Gasteiger partial charge in [-0.2, -0.15) is 8.78 Å². The Bertz CT molecular complexity index is 459. The van der Waals surface area contributed by atoms with Gasteiger partial charge in [0.25, 0.3) is 0 Å². The van der Waals surface area contributed by atoms with Gasteiger partial charge in [-0.05, 0) is 37.1 Å². The summed E-state index contributed by atoms with van der Waals surface area (Å²) in [5.74, 6) is 0.403. The van der Waals surface area contributed by atoms with Crippen LogP contribution in [0.15, 0.2) is 18.2 Å². The number of piperidine rings is 1. The van der Waals surface area contributed by atoms with Crippen molar-refractivity contribution in [1.29, 1.82) is 0 Å². The Morgan fingerprint density at radius 3 is 2.90 bits per heavy atom. The van der Waals surface area contributed by atoms with Crippen LogP contribution >= 0.6 is 11.6 Å². The largest absolute Gasteiger partial charge is 0.434 e. The van der Waals surface area contributed by atoms with E-state index in [2.05, 4.69) is 4.74 Å². The Hall–Kier alpha value is -0.910. The third kappa shape index (κ3) is 4.04. The second-order valence-corrected chi connectivity index (χ2v) is 5.64. The molecule has 0 amide bonds. The number of alkyl halides is 2. The van der Waals surface area contributed by atoms with E-state index >= 15 is 0 Å². The number of halogens is 3. The van der Waals surface area contributed by atoms with Gasteiger partial charge in [-0.1, -0.05) is 18.5 Å². The third-order valence-electron chi connectivity index (χ3n) is 3.64. The standard InChI is InChI=1S/C14H18ClF2NO2/c1-9-4-5-18(8-12(9)19)7-10-6-11(15)2-3-13(10)20-14(16)17/h2-3,6,9,12,14,19H,4-5,7-8H2,1H3. The summed E-state index contributed by atoms with van der Waals surface area (Å²) in [4.78, 5) is 2.02. The number of benzene rings is 1. The lowest BCUT2D eigenvalue weighted by molar-refractivity contribution is -0.0511. The first kappa shape index (κ1) is 15.5. The zero-order valence-electron chi connectivity index (χ0n) is 11.2. The quantitative estimate of drug-likeness (QED) is 0.927. The van der Waals surface area contributed by atoms with Gasteiger partial charge in [0.05, 0.1) is 6.10 Å². The van der Waals surface area contributed by atoms with Gasteiger partial charge in [0, 0.05) is 23.7 Å². The fraction of sp³-hybridized carbons (Fsp3) is 0.571. The Kier molecular flexibility index (Phi) is 5.18. The van der Waals surface area contributed by atoms with Crippen LogP contribution in [-0.2, 0) is 6.54 Å². The van der Waals surface area contributed by atoms with Gasteiger partial charge in [-0.3, -0.25) is 4.90 Å². The van der Waals surface area contributed by atoms with Gasteiger partial charge in [0.15, 0.2) is 0 Å². The molecule has 1 aromatic rings. The second-order valence-electron chi connectivity index (χ2n) is 5.20. The molecule has 1 aliphatic rings. The van der Waals surface area contributed by atoms with Crippen LogP contribution in [0.5, 0.6) is 5.75 Å². The van der Waals surface area contributed by atoms with Gasteiger partial charge < -0.3 is 9.84 Å². The molecule has 2 rings (SSSR count). The Morgan fingerprint density at radius 2 is 2.25 bits per heavy atom. The van der Waals surface area contributed by atoms with Crippen LogP contribution in [0.4, 0.5) is 8.78 Å². The number of rotatable bonds is 4. The van der Waals surface area contributed by atoms with Crippen LogP contribution in [-0.4, -0.2) is 35.8 Å². The second kappa shape index (κ2) is 6.70. The highest BCUT2D eigenvalue weighted by molar-refractivity contribution is 6.30. The van der Waals surface area contributed by atoms with Crippen LogP contribution in [0, 0.1) is 5.92 Å². The lowest BCUT2D eigenvalue weighted by Crippen LogP contribution is -2.42. The first-order valence-corrected chi connectivity index (χ1v) is 6.97. The molecule has 6 heteroatoms. The van der Waals surface area contributed by atoms with Crippen molar-refractivity contribution in [3.8, 4) is 5.75 Å². The molecule has 112 valence electrons. The molecule has 0 saturated carbocycles. The zero-order valence-corrected chi connectivity index (χ0v) is 12.0. The molecule has 2 unspecified atom stereocenters. The minimum absolute atomic E-state index is 0.137. The summed E-state index contributed by atoms with van der Waals surface area (Å²) < 4.78 is 29.3. The molecule has 2 atom stereocenters. The summed E-state index contributed by atoms with van der Waals surface area (Å²) in [6.07, 6.45) is 0.495. The fourth-order valence-electron chi connectivity index (χ4n) is 2.38. The average molecular weight is 306 g/mol. The lowest BCUT2D eigenvalue weighted by Gasteiger charge is -2.34. The van der Waals surface area contributed by atoms with Crippen molar-refractivity contribution >= 4 is 11.6 Å². The molecule has 1 aromatic carbocycles. The molecule has 0 bridgehead atoms. The number of hydrogen-bond acceptors (Lipinski definition) is 3. The number of nitrogens with zero attached hydrogens (tertiary/aromatic N) is 1. The maximum absolute atomic E-state index is 12.4. The first-order valence-electron chi connectivity index (χ1n) is 6.59. The SMILES string of the molecule is CC1CCN(Cc2cc(Cl)ccc2OC(F)F)CC1O. The lowest BCUT2D eigenvalue weighted by atomic mass is 9.95. The van der Waals surface area contributed by atoms with Crippen LogP contribution in [0.25, 0.3) is 0 Å². The summed E-state index contributed by atoms with van der Waals surface area (Å²) in [5, 5.41) is 10.4. The number of β-amino-alcohol motifs (C(OH)–C–C–N with tert-alkyl or cyclic N) is 1. The number of ether oxygens (including phenoxy) is 1. The van der Waals surface area contributed by atoms with E-state index in [1.807, 2.05) is 11.8 Å². The van der Waals surface area contributed by atoms with E-state index in [4.69, 9.17) is 11.6 Å². The van der Waals surface area contributed by atoms with Crippen molar-refractivity contribution in [3.63, 3.8) is 0 Å². The molecule has 1 fully saturated rings. The molecular weight excluding hydrogens is 288 g/mol. The van der Waals surface area contributed by atoms with Crippen molar-refractivity contribution in [2.75, 3.05) is 13.1 Å². The Balaban J connectivity index is 2.09. The zero-order chi connectivity index (χ0) is 14.7. The number of aliphatic hydroxyl groups is 1. The van der Waals surface area contributed by atoms with E-state index in [0.717, 1.165) is 13.0 Å². The first-order chi connectivity index (χ1) is 9.45. The number of hydrogen-bond donors (Lipinski definition) is 1. The van der Waals surface area contributed by atoms with Gasteiger partial charge >= 0.3 is 6.61 Å². The molecule has 0 spiro atoms. The molecule has 0 aromatic heterocycles. The van der Waals surface area contributed by atoms with Crippen molar-refractivity contribution in [3.05, 3.63) is 28.8 Å². The van der Waals surface area contributed by atoms with Gasteiger partial charge in [0.1, 0.15) is 5.75 Å². The summed E-state index contributed by atoms with van der Waals surface area (Å²) >= 11 is 5.91. The summed E-state index contributed by atoms with van der Waals surface area (Å²) in [6.45, 7) is 0.932. The topological polar surface area (TPSA) is 32.7 Å². The maximum Gasteiger partial charge on any atom is 0.387 e. The van der Waals surface area contributed by atoms with E-state index in [9.17, 15) is 13.9 Å². The molecule has 0 aliphatic carbocycles. The van der Waals surface area contributed by atoms with Crippen LogP contribution in [0.2, 0.25) is 5.02 Å². The van der Waals surface area contributed by atoms with Crippen LogP contribution < -0.4 is 4.74 Å². The maximum atomic E-state index is 12.4. The highest BCUT2D eigenvalue weighted by Crippen LogP contribution is 2.27.